The smallest absolute Gasteiger partial charge is 0.0996 e. The molecule has 0 aliphatic carbocycles. The molecule has 0 aromatic heterocycles. The summed E-state index contributed by atoms with van der Waals surface area (Å²) in [6, 6.07) is 21.1. The first-order valence-electron chi connectivity index (χ1n) is 5.78. The fourth-order valence-electron chi connectivity index (χ4n) is 2.19. The second-order valence-electron chi connectivity index (χ2n) is 4.11. The SMILES string of the molecule is c1ccc(C2OCSC2c2ccccc2)cc1. The highest BCUT2D eigenvalue weighted by molar-refractivity contribution is 7.99. The van der Waals surface area contributed by atoms with Gasteiger partial charge in [0.05, 0.1) is 17.3 Å². The van der Waals surface area contributed by atoms with Gasteiger partial charge in [-0.1, -0.05) is 60.7 Å². The topological polar surface area (TPSA) is 9.23 Å². The highest BCUT2D eigenvalue weighted by Gasteiger charge is 2.31. The van der Waals surface area contributed by atoms with Crippen LogP contribution >= 0.6 is 11.8 Å². The number of hydrogen-bond donors (Lipinski definition) is 0. The van der Waals surface area contributed by atoms with Gasteiger partial charge in [-0.05, 0) is 11.1 Å². The van der Waals surface area contributed by atoms with Gasteiger partial charge in [0.1, 0.15) is 0 Å². The van der Waals surface area contributed by atoms with Crippen LogP contribution in [0.25, 0.3) is 0 Å². The van der Waals surface area contributed by atoms with Crippen LogP contribution in [0.15, 0.2) is 60.7 Å². The molecular weight excluding hydrogens is 228 g/mol. The summed E-state index contributed by atoms with van der Waals surface area (Å²) in [6.07, 6.45) is 0.184. The highest BCUT2D eigenvalue weighted by atomic mass is 32.2. The first-order valence-corrected chi connectivity index (χ1v) is 6.83. The molecule has 1 aliphatic rings. The molecule has 17 heavy (non-hydrogen) atoms. The number of ether oxygens (including phenoxy) is 1. The van der Waals surface area contributed by atoms with Crippen molar-refractivity contribution in [2.75, 3.05) is 5.94 Å². The molecule has 1 saturated heterocycles. The molecule has 0 radical (unpaired) electrons. The first-order chi connectivity index (χ1) is 8.45. The maximum atomic E-state index is 5.87. The van der Waals surface area contributed by atoms with Crippen molar-refractivity contribution in [1.82, 2.24) is 0 Å². The van der Waals surface area contributed by atoms with Crippen molar-refractivity contribution < 1.29 is 4.74 Å². The molecule has 2 aromatic rings. The Labute approximate surface area is 106 Å². The van der Waals surface area contributed by atoms with E-state index in [0.29, 0.717) is 5.25 Å². The predicted molar refractivity (Wildman–Crippen MR) is 71.9 cm³/mol. The zero-order valence-electron chi connectivity index (χ0n) is 9.45. The molecular formula is C15H14OS. The van der Waals surface area contributed by atoms with Gasteiger partial charge in [-0.25, -0.2) is 0 Å². The van der Waals surface area contributed by atoms with Gasteiger partial charge >= 0.3 is 0 Å². The summed E-state index contributed by atoms with van der Waals surface area (Å²) >= 11 is 1.88. The van der Waals surface area contributed by atoms with E-state index in [2.05, 4.69) is 54.6 Å². The van der Waals surface area contributed by atoms with Crippen LogP contribution in [0, 0.1) is 0 Å². The van der Waals surface area contributed by atoms with Crippen molar-refractivity contribution in [3.63, 3.8) is 0 Å². The number of thioether (sulfide) groups is 1. The van der Waals surface area contributed by atoms with Crippen molar-refractivity contribution in [2.24, 2.45) is 0 Å². The molecule has 0 spiro atoms. The molecule has 2 heteroatoms. The van der Waals surface area contributed by atoms with Crippen LogP contribution < -0.4 is 0 Å². The Bertz CT molecular complexity index is 423. The summed E-state index contributed by atoms with van der Waals surface area (Å²) in [5, 5.41) is 0.415. The highest BCUT2D eigenvalue weighted by Crippen LogP contribution is 2.47. The third-order valence-corrected chi connectivity index (χ3v) is 4.18. The quantitative estimate of drug-likeness (QED) is 0.781. The summed E-state index contributed by atoms with van der Waals surface area (Å²) in [5.74, 6) is 0.777. The van der Waals surface area contributed by atoms with Gasteiger partial charge in [0, 0.05) is 0 Å². The standard InChI is InChI=1S/C15H14OS/c1-3-7-12(8-4-1)14-15(17-11-16-14)13-9-5-2-6-10-13/h1-10,14-15H,11H2. The average molecular weight is 242 g/mol. The minimum atomic E-state index is 0.184. The monoisotopic (exact) mass is 242 g/mol. The maximum Gasteiger partial charge on any atom is 0.0996 e. The maximum absolute atomic E-state index is 5.87. The molecule has 1 fully saturated rings. The Balaban J connectivity index is 1.91. The lowest BCUT2D eigenvalue weighted by atomic mass is 10.0. The summed E-state index contributed by atoms with van der Waals surface area (Å²) in [7, 11) is 0. The third kappa shape index (κ3) is 2.24. The lowest BCUT2D eigenvalue weighted by Crippen LogP contribution is -2.04. The van der Waals surface area contributed by atoms with Crippen molar-refractivity contribution in [3.05, 3.63) is 71.8 Å². The Morgan fingerprint density at radius 2 is 1.41 bits per heavy atom. The molecule has 3 rings (SSSR count). The van der Waals surface area contributed by atoms with Crippen molar-refractivity contribution in [3.8, 4) is 0 Å². The molecule has 0 saturated carbocycles. The van der Waals surface area contributed by atoms with E-state index in [4.69, 9.17) is 4.74 Å². The minimum absolute atomic E-state index is 0.184. The van der Waals surface area contributed by atoms with E-state index in [1.807, 2.05) is 17.8 Å². The van der Waals surface area contributed by atoms with Crippen LogP contribution in [0.4, 0.5) is 0 Å². The van der Waals surface area contributed by atoms with Gasteiger partial charge in [0.15, 0.2) is 0 Å². The summed E-state index contributed by atoms with van der Waals surface area (Å²) in [6.45, 7) is 0. The molecule has 2 aromatic carbocycles. The Kier molecular flexibility index (Phi) is 3.16. The normalized spacial score (nSPS) is 23.8. The largest absolute Gasteiger partial charge is 0.361 e. The Hall–Kier alpha value is -1.25. The van der Waals surface area contributed by atoms with Crippen LogP contribution in [0.2, 0.25) is 0 Å². The molecule has 1 aliphatic heterocycles. The third-order valence-electron chi connectivity index (χ3n) is 3.03. The van der Waals surface area contributed by atoms with Crippen LogP contribution in [-0.4, -0.2) is 5.94 Å². The second-order valence-corrected chi connectivity index (χ2v) is 5.19. The van der Waals surface area contributed by atoms with Gasteiger partial charge in [-0.3, -0.25) is 0 Å². The van der Waals surface area contributed by atoms with Gasteiger partial charge in [0.2, 0.25) is 0 Å². The first kappa shape index (κ1) is 10.9. The number of rotatable bonds is 2. The van der Waals surface area contributed by atoms with E-state index in [0.717, 1.165) is 5.94 Å². The molecule has 1 heterocycles. The lowest BCUT2D eigenvalue weighted by Gasteiger charge is -2.18. The molecule has 0 amide bonds. The van der Waals surface area contributed by atoms with Crippen molar-refractivity contribution >= 4 is 11.8 Å². The van der Waals surface area contributed by atoms with Gasteiger partial charge in [-0.15, -0.1) is 11.8 Å². The van der Waals surface area contributed by atoms with Crippen molar-refractivity contribution in [1.29, 1.82) is 0 Å². The zero-order chi connectivity index (χ0) is 11.5. The van der Waals surface area contributed by atoms with E-state index in [1.165, 1.54) is 11.1 Å². The van der Waals surface area contributed by atoms with Gasteiger partial charge in [0.25, 0.3) is 0 Å². The molecule has 2 atom stereocenters. The summed E-state index contributed by atoms with van der Waals surface area (Å²) in [4.78, 5) is 0. The summed E-state index contributed by atoms with van der Waals surface area (Å²) in [5.41, 5.74) is 2.62. The van der Waals surface area contributed by atoms with E-state index in [-0.39, 0.29) is 6.10 Å². The molecule has 2 unspecified atom stereocenters. The summed E-state index contributed by atoms with van der Waals surface area (Å²) < 4.78 is 5.87. The zero-order valence-corrected chi connectivity index (χ0v) is 10.3. The van der Waals surface area contributed by atoms with E-state index < -0.39 is 0 Å². The second kappa shape index (κ2) is 4.94. The molecule has 86 valence electrons. The predicted octanol–water partition coefficient (Wildman–Crippen LogP) is 4.19. The van der Waals surface area contributed by atoms with Crippen molar-refractivity contribution in [2.45, 2.75) is 11.4 Å². The number of benzene rings is 2. The molecule has 0 N–H and O–H groups in total. The Morgan fingerprint density at radius 1 is 0.824 bits per heavy atom. The van der Waals surface area contributed by atoms with E-state index >= 15 is 0 Å². The van der Waals surface area contributed by atoms with Crippen LogP contribution in [0.1, 0.15) is 22.5 Å². The number of hydrogen-bond acceptors (Lipinski definition) is 2. The Morgan fingerprint density at radius 3 is 2.06 bits per heavy atom. The van der Waals surface area contributed by atoms with Gasteiger partial charge in [-0.2, -0.15) is 0 Å². The van der Waals surface area contributed by atoms with Gasteiger partial charge < -0.3 is 4.74 Å². The average Bonchev–Trinajstić information content (AvgIpc) is 2.90. The molecule has 1 nitrogen and oxygen atoms in total. The fraction of sp³-hybridized carbons (Fsp3) is 0.200. The van der Waals surface area contributed by atoms with Crippen LogP contribution in [0.5, 0.6) is 0 Å². The molecule has 0 bridgehead atoms. The van der Waals surface area contributed by atoms with E-state index in [1.54, 1.807) is 0 Å². The minimum Gasteiger partial charge on any atom is -0.361 e. The van der Waals surface area contributed by atoms with Crippen LogP contribution in [-0.2, 0) is 4.74 Å². The van der Waals surface area contributed by atoms with Crippen LogP contribution in [0.3, 0.4) is 0 Å². The fourth-order valence-corrected chi connectivity index (χ4v) is 3.32. The lowest BCUT2D eigenvalue weighted by molar-refractivity contribution is 0.107. The van der Waals surface area contributed by atoms with E-state index in [9.17, 15) is 0 Å².